The number of hydrogen-bond donors (Lipinski definition) is 1. The SMILES string of the molecule is OC1CCCC2=CCCC1C2. The van der Waals surface area contributed by atoms with E-state index in [9.17, 15) is 5.11 Å². The van der Waals surface area contributed by atoms with Crippen LogP contribution < -0.4 is 0 Å². The Bertz CT molecular complexity index is 172. The lowest BCUT2D eigenvalue weighted by molar-refractivity contribution is 0.0971. The molecule has 2 rings (SSSR count). The Hall–Kier alpha value is -0.300. The van der Waals surface area contributed by atoms with Gasteiger partial charge in [-0.1, -0.05) is 11.6 Å². The molecule has 0 heterocycles. The van der Waals surface area contributed by atoms with Gasteiger partial charge in [0.1, 0.15) is 0 Å². The zero-order chi connectivity index (χ0) is 7.68. The van der Waals surface area contributed by atoms with Crippen molar-refractivity contribution in [1.82, 2.24) is 0 Å². The number of fused-ring (bicyclic) bond motifs is 2. The first-order valence-corrected chi connectivity index (χ1v) is 4.72. The number of hydrogen-bond acceptors (Lipinski definition) is 1. The third-order valence-corrected chi connectivity index (χ3v) is 3.04. The first-order valence-electron chi connectivity index (χ1n) is 4.72. The molecule has 0 aliphatic heterocycles. The summed E-state index contributed by atoms with van der Waals surface area (Å²) in [4.78, 5) is 0. The first-order chi connectivity index (χ1) is 5.36. The lowest BCUT2D eigenvalue weighted by atomic mass is 9.86. The molecule has 0 radical (unpaired) electrons. The smallest absolute Gasteiger partial charge is 0.0571 e. The Morgan fingerprint density at radius 3 is 3.18 bits per heavy atom. The minimum atomic E-state index is 0.00111. The van der Waals surface area contributed by atoms with Gasteiger partial charge in [-0.3, -0.25) is 0 Å². The van der Waals surface area contributed by atoms with Crippen LogP contribution in [0.15, 0.2) is 11.6 Å². The van der Waals surface area contributed by atoms with Crippen LogP contribution in [0, 0.1) is 5.92 Å². The lowest BCUT2D eigenvalue weighted by Crippen LogP contribution is -2.20. The minimum Gasteiger partial charge on any atom is -0.393 e. The van der Waals surface area contributed by atoms with Crippen molar-refractivity contribution < 1.29 is 5.11 Å². The predicted molar refractivity (Wildman–Crippen MR) is 45.3 cm³/mol. The molecule has 1 saturated carbocycles. The molecule has 1 heteroatoms. The summed E-state index contributed by atoms with van der Waals surface area (Å²) < 4.78 is 0. The maximum absolute atomic E-state index is 9.67. The molecule has 0 amide bonds. The van der Waals surface area contributed by atoms with Gasteiger partial charge in [0.15, 0.2) is 0 Å². The fourth-order valence-corrected chi connectivity index (χ4v) is 2.33. The Balaban J connectivity index is 2.12. The number of aliphatic hydroxyl groups is 1. The van der Waals surface area contributed by atoms with E-state index in [1.165, 1.54) is 32.1 Å². The zero-order valence-corrected chi connectivity index (χ0v) is 6.92. The van der Waals surface area contributed by atoms with Gasteiger partial charge in [-0.2, -0.15) is 0 Å². The number of rotatable bonds is 0. The summed E-state index contributed by atoms with van der Waals surface area (Å²) in [6.07, 6.45) is 9.46. The van der Waals surface area contributed by atoms with Gasteiger partial charge in [0.2, 0.25) is 0 Å². The van der Waals surface area contributed by atoms with Gasteiger partial charge < -0.3 is 5.11 Å². The molecular weight excluding hydrogens is 136 g/mol. The quantitative estimate of drug-likeness (QED) is 0.528. The average Bonchev–Trinajstić information content (AvgIpc) is 2.14. The summed E-state index contributed by atoms with van der Waals surface area (Å²) in [6.45, 7) is 0. The molecule has 2 atom stereocenters. The van der Waals surface area contributed by atoms with Crippen LogP contribution in [0.2, 0.25) is 0 Å². The molecule has 0 spiro atoms. The molecule has 62 valence electrons. The highest BCUT2D eigenvalue weighted by Gasteiger charge is 2.25. The summed E-state index contributed by atoms with van der Waals surface area (Å²) >= 11 is 0. The minimum absolute atomic E-state index is 0.00111. The first kappa shape index (κ1) is 7.35. The van der Waals surface area contributed by atoms with E-state index >= 15 is 0 Å². The highest BCUT2D eigenvalue weighted by molar-refractivity contribution is 5.09. The van der Waals surface area contributed by atoms with Crippen molar-refractivity contribution in [3.05, 3.63) is 11.6 Å². The number of allylic oxidation sites excluding steroid dienone is 2. The molecule has 1 N–H and O–H groups in total. The van der Waals surface area contributed by atoms with E-state index in [2.05, 4.69) is 6.08 Å². The maximum Gasteiger partial charge on any atom is 0.0571 e. The monoisotopic (exact) mass is 152 g/mol. The Morgan fingerprint density at radius 1 is 1.36 bits per heavy atom. The molecule has 2 aliphatic carbocycles. The third kappa shape index (κ3) is 1.48. The van der Waals surface area contributed by atoms with Crippen molar-refractivity contribution in [1.29, 1.82) is 0 Å². The Labute approximate surface area is 68.1 Å². The summed E-state index contributed by atoms with van der Waals surface area (Å²) in [5.41, 5.74) is 1.61. The van der Waals surface area contributed by atoms with Gasteiger partial charge in [0, 0.05) is 0 Å². The van der Waals surface area contributed by atoms with Gasteiger partial charge in [0.25, 0.3) is 0 Å². The van der Waals surface area contributed by atoms with E-state index in [4.69, 9.17) is 0 Å². The lowest BCUT2D eigenvalue weighted by Gasteiger charge is -2.23. The second-order valence-corrected chi connectivity index (χ2v) is 3.86. The Kier molecular flexibility index (Phi) is 1.99. The summed E-state index contributed by atoms with van der Waals surface area (Å²) in [7, 11) is 0. The summed E-state index contributed by atoms with van der Waals surface area (Å²) in [5.74, 6) is 0.595. The molecule has 2 bridgehead atoms. The maximum atomic E-state index is 9.67. The third-order valence-electron chi connectivity index (χ3n) is 3.04. The Morgan fingerprint density at radius 2 is 2.27 bits per heavy atom. The topological polar surface area (TPSA) is 20.2 Å². The normalized spacial score (nSPS) is 37.7. The van der Waals surface area contributed by atoms with Crippen molar-refractivity contribution in [3.8, 4) is 0 Å². The standard InChI is InChI=1S/C10H16O/c11-10-6-2-4-8-3-1-5-9(10)7-8/h3,9-11H,1-2,4-7H2. The molecule has 11 heavy (non-hydrogen) atoms. The highest BCUT2D eigenvalue weighted by Crippen LogP contribution is 2.34. The van der Waals surface area contributed by atoms with Gasteiger partial charge in [-0.15, -0.1) is 0 Å². The van der Waals surface area contributed by atoms with Crippen molar-refractivity contribution in [3.63, 3.8) is 0 Å². The van der Waals surface area contributed by atoms with E-state index in [0.717, 1.165) is 6.42 Å². The van der Waals surface area contributed by atoms with Crippen LogP contribution in [0.3, 0.4) is 0 Å². The van der Waals surface area contributed by atoms with Crippen molar-refractivity contribution in [2.24, 2.45) is 5.92 Å². The number of aliphatic hydroxyl groups excluding tert-OH is 1. The molecule has 0 aromatic carbocycles. The van der Waals surface area contributed by atoms with Gasteiger partial charge >= 0.3 is 0 Å². The van der Waals surface area contributed by atoms with Gasteiger partial charge in [0.05, 0.1) is 6.10 Å². The van der Waals surface area contributed by atoms with Crippen molar-refractivity contribution in [2.75, 3.05) is 0 Å². The van der Waals surface area contributed by atoms with Crippen LogP contribution in [-0.4, -0.2) is 11.2 Å². The van der Waals surface area contributed by atoms with E-state index in [0.29, 0.717) is 5.92 Å². The van der Waals surface area contributed by atoms with E-state index in [1.54, 1.807) is 5.57 Å². The van der Waals surface area contributed by atoms with Crippen LogP contribution in [0.1, 0.15) is 38.5 Å². The van der Waals surface area contributed by atoms with Gasteiger partial charge in [-0.05, 0) is 44.4 Å². The van der Waals surface area contributed by atoms with Crippen molar-refractivity contribution >= 4 is 0 Å². The van der Waals surface area contributed by atoms with Gasteiger partial charge in [-0.25, -0.2) is 0 Å². The summed E-state index contributed by atoms with van der Waals surface area (Å²) in [5, 5.41) is 9.67. The molecule has 0 aromatic heterocycles. The van der Waals surface area contributed by atoms with Crippen LogP contribution >= 0.6 is 0 Å². The summed E-state index contributed by atoms with van der Waals surface area (Å²) in [6, 6.07) is 0. The highest BCUT2D eigenvalue weighted by atomic mass is 16.3. The average molecular weight is 152 g/mol. The van der Waals surface area contributed by atoms with E-state index < -0.39 is 0 Å². The zero-order valence-electron chi connectivity index (χ0n) is 6.92. The fourth-order valence-electron chi connectivity index (χ4n) is 2.33. The molecule has 2 unspecified atom stereocenters. The molecule has 1 fully saturated rings. The van der Waals surface area contributed by atoms with Crippen LogP contribution in [0.5, 0.6) is 0 Å². The van der Waals surface area contributed by atoms with Crippen molar-refractivity contribution in [2.45, 2.75) is 44.6 Å². The molecule has 0 aromatic rings. The van der Waals surface area contributed by atoms with E-state index in [1.807, 2.05) is 0 Å². The van der Waals surface area contributed by atoms with Crippen LogP contribution in [0.4, 0.5) is 0 Å². The van der Waals surface area contributed by atoms with E-state index in [-0.39, 0.29) is 6.10 Å². The molecule has 1 nitrogen and oxygen atoms in total. The molecular formula is C10H16O. The van der Waals surface area contributed by atoms with Crippen LogP contribution in [-0.2, 0) is 0 Å². The van der Waals surface area contributed by atoms with Crippen LogP contribution in [0.25, 0.3) is 0 Å². The largest absolute Gasteiger partial charge is 0.393 e. The fraction of sp³-hybridized carbons (Fsp3) is 0.800. The second-order valence-electron chi connectivity index (χ2n) is 3.86. The molecule has 2 aliphatic rings. The molecule has 0 saturated heterocycles. The second kappa shape index (κ2) is 2.98. The predicted octanol–water partition coefficient (Wildman–Crippen LogP) is 2.26.